The Hall–Kier alpha value is -3.85. The number of rotatable bonds is 6. The second kappa shape index (κ2) is 8.69. The second-order valence-electron chi connectivity index (χ2n) is 6.13. The van der Waals surface area contributed by atoms with Gasteiger partial charge < -0.3 is 15.4 Å². The lowest BCUT2D eigenvalue weighted by Crippen LogP contribution is -2.31. The van der Waals surface area contributed by atoms with E-state index in [1.807, 2.05) is 0 Å². The molecule has 3 rings (SSSR count). The van der Waals surface area contributed by atoms with Gasteiger partial charge in [-0.2, -0.15) is 5.26 Å². The molecule has 0 aliphatic heterocycles. The van der Waals surface area contributed by atoms with Crippen molar-refractivity contribution in [3.63, 3.8) is 0 Å². The summed E-state index contributed by atoms with van der Waals surface area (Å²) in [6.07, 6.45) is 0. The van der Waals surface area contributed by atoms with Gasteiger partial charge in [-0.25, -0.2) is 4.39 Å². The molecule has 0 aliphatic carbocycles. The van der Waals surface area contributed by atoms with E-state index in [1.165, 1.54) is 18.2 Å². The van der Waals surface area contributed by atoms with Crippen LogP contribution in [0.2, 0.25) is 0 Å². The number of nitrogens with zero attached hydrogens (tertiary/aromatic N) is 1. The van der Waals surface area contributed by atoms with Crippen molar-refractivity contribution < 1.29 is 13.9 Å². The minimum absolute atomic E-state index is 0.275. The fourth-order valence-corrected chi connectivity index (χ4v) is 2.49. The van der Waals surface area contributed by atoms with Gasteiger partial charge in [-0.05, 0) is 73.7 Å². The van der Waals surface area contributed by atoms with Crippen molar-refractivity contribution >= 4 is 17.3 Å². The predicted octanol–water partition coefficient (Wildman–Crippen LogP) is 4.93. The van der Waals surface area contributed by atoms with Crippen LogP contribution in [-0.2, 0) is 4.79 Å². The molecule has 0 fully saturated rings. The Labute approximate surface area is 162 Å². The number of carbonyl (C=O) groups is 1. The normalized spacial score (nSPS) is 11.2. The van der Waals surface area contributed by atoms with E-state index in [-0.39, 0.29) is 5.91 Å². The zero-order valence-corrected chi connectivity index (χ0v) is 15.1. The maximum absolute atomic E-state index is 13.2. The maximum atomic E-state index is 13.2. The number of anilines is 2. The van der Waals surface area contributed by atoms with Crippen molar-refractivity contribution in [3.8, 4) is 17.6 Å². The van der Waals surface area contributed by atoms with E-state index in [0.29, 0.717) is 22.7 Å². The van der Waals surface area contributed by atoms with Crippen LogP contribution < -0.4 is 15.4 Å². The zero-order valence-electron chi connectivity index (χ0n) is 15.1. The molecule has 0 spiro atoms. The molecule has 1 atom stereocenters. The molecule has 0 saturated carbocycles. The summed E-state index contributed by atoms with van der Waals surface area (Å²) in [4.78, 5) is 12.2. The number of ether oxygens (including phenoxy) is 1. The third kappa shape index (κ3) is 5.08. The minimum atomic E-state index is -0.520. The van der Waals surface area contributed by atoms with Gasteiger partial charge >= 0.3 is 0 Å². The molecule has 1 amide bonds. The lowest BCUT2D eigenvalue weighted by Gasteiger charge is -2.16. The number of benzene rings is 3. The molecule has 140 valence electrons. The molecule has 0 heterocycles. The molecule has 6 heteroatoms. The lowest BCUT2D eigenvalue weighted by atomic mass is 10.2. The molecular weight excluding hydrogens is 357 g/mol. The van der Waals surface area contributed by atoms with Crippen LogP contribution in [0.15, 0.2) is 72.8 Å². The molecular formula is C22H18FN3O2. The smallest absolute Gasteiger partial charge is 0.246 e. The molecule has 0 saturated heterocycles. The third-order valence-electron chi connectivity index (χ3n) is 3.94. The van der Waals surface area contributed by atoms with Crippen LogP contribution >= 0.6 is 0 Å². The topological polar surface area (TPSA) is 74.1 Å². The van der Waals surface area contributed by atoms with Gasteiger partial charge in [0.2, 0.25) is 5.91 Å². The molecule has 0 radical (unpaired) electrons. The van der Waals surface area contributed by atoms with Crippen LogP contribution in [0.1, 0.15) is 12.5 Å². The molecule has 0 aromatic heterocycles. The Morgan fingerprint density at radius 2 is 1.64 bits per heavy atom. The number of hydrogen-bond acceptors (Lipinski definition) is 4. The molecule has 3 aromatic rings. The summed E-state index contributed by atoms with van der Waals surface area (Å²) in [5, 5.41) is 14.6. The van der Waals surface area contributed by atoms with Gasteiger partial charge in [0.1, 0.15) is 23.4 Å². The van der Waals surface area contributed by atoms with E-state index >= 15 is 0 Å². The molecule has 3 aromatic carbocycles. The molecule has 1 unspecified atom stereocenters. The average Bonchev–Trinajstić information content (AvgIpc) is 2.70. The number of halogens is 1. The second-order valence-corrected chi connectivity index (χ2v) is 6.13. The first-order chi connectivity index (χ1) is 13.5. The highest BCUT2D eigenvalue weighted by Crippen LogP contribution is 2.23. The van der Waals surface area contributed by atoms with E-state index in [1.54, 1.807) is 61.5 Å². The monoisotopic (exact) mass is 375 g/mol. The quantitative estimate of drug-likeness (QED) is 0.641. The van der Waals surface area contributed by atoms with Crippen LogP contribution in [0.5, 0.6) is 11.5 Å². The summed E-state index contributed by atoms with van der Waals surface area (Å²) in [5.41, 5.74) is 1.72. The summed E-state index contributed by atoms with van der Waals surface area (Å²) in [7, 11) is 0. The van der Waals surface area contributed by atoms with Gasteiger partial charge in [-0.3, -0.25) is 4.79 Å². The molecule has 28 heavy (non-hydrogen) atoms. The van der Waals surface area contributed by atoms with Crippen LogP contribution in [0, 0.1) is 17.1 Å². The van der Waals surface area contributed by atoms with E-state index in [2.05, 4.69) is 16.7 Å². The number of nitriles is 1. The van der Waals surface area contributed by atoms with E-state index in [4.69, 9.17) is 10.00 Å². The molecule has 0 aliphatic rings. The SMILES string of the molecule is CC(Nc1ccc(Oc2ccc(C#N)cc2)cc1)C(=O)Nc1cccc(F)c1. The fourth-order valence-electron chi connectivity index (χ4n) is 2.49. The van der Waals surface area contributed by atoms with Crippen molar-refractivity contribution in [1.29, 1.82) is 5.26 Å². The van der Waals surface area contributed by atoms with Crippen LogP contribution in [0.3, 0.4) is 0 Å². The highest BCUT2D eigenvalue weighted by Gasteiger charge is 2.13. The van der Waals surface area contributed by atoms with Gasteiger partial charge in [0, 0.05) is 11.4 Å². The molecule has 5 nitrogen and oxygen atoms in total. The first-order valence-electron chi connectivity index (χ1n) is 8.64. The summed E-state index contributed by atoms with van der Waals surface area (Å²) in [5.74, 6) is 0.578. The van der Waals surface area contributed by atoms with Gasteiger partial charge in [-0.15, -0.1) is 0 Å². The van der Waals surface area contributed by atoms with Gasteiger partial charge in [0.05, 0.1) is 11.6 Å². The van der Waals surface area contributed by atoms with Crippen molar-refractivity contribution in [1.82, 2.24) is 0 Å². The van der Waals surface area contributed by atoms with E-state index in [9.17, 15) is 9.18 Å². The largest absolute Gasteiger partial charge is 0.457 e. The Balaban J connectivity index is 1.57. The maximum Gasteiger partial charge on any atom is 0.246 e. The van der Waals surface area contributed by atoms with Gasteiger partial charge in [0.15, 0.2) is 0 Å². The lowest BCUT2D eigenvalue weighted by molar-refractivity contribution is -0.116. The van der Waals surface area contributed by atoms with Gasteiger partial charge in [0.25, 0.3) is 0 Å². The van der Waals surface area contributed by atoms with Crippen LogP contribution in [0.25, 0.3) is 0 Å². The summed E-state index contributed by atoms with van der Waals surface area (Å²) in [6.45, 7) is 1.72. The number of hydrogen-bond donors (Lipinski definition) is 2. The molecule has 2 N–H and O–H groups in total. The number of nitrogens with one attached hydrogen (secondary N) is 2. The van der Waals surface area contributed by atoms with Crippen molar-refractivity contribution in [2.24, 2.45) is 0 Å². The predicted molar refractivity (Wildman–Crippen MR) is 106 cm³/mol. The first kappa shape index (κ1) is 18.9. The van der Waals surface area contributed by atoms with Gasteiger partial charge in [-0.1, -0.05) is 6.07 Å². The summed E-state index contributed by atoms with van der Waals surface area (Å²) in [6, 6.07) is 21.2. The summed E-state index contributed by atoms with van der Waals surface area (Å²) < 4.78 is 18.9. The Morgan fingerprint density at radius 3 is 2.25 bits per heavy atom. The van der Waals surface area contributed by atoms with E-state index in [0.717, 1.165) is 5.69 Å². The number of carbonyl (C=O) groups excluding carboxylic acids is 1. The zero-order chi connectivity index (χ0) is 19.9. The van der Waals surface area contributed by atoms with Crippen LogP contribution in [0.4, 0.5) is 15.8 Å². The number of amides is 1. The van der Waals surface area contributed by atoms with E-state index < -0.39 is 11.9 Å². The minimum Gasteiger partial charge on any atom is -0.457 e. The standard InChI is InChI=1S/C22H18FN3O2/c1-15(22(27)26-19-4-2-3-17(23)13-19)25-18-7-11-21(12-8-18)28-20-9-5-16(14-24)6-10-20/h2-13,15,25H,1H3,(H,26,27). The first-order valence-corrected chi connectivity index (χ1v) is 8.64. The summed E-state index contributed by atoms with van der Waals surface area (Å²) >= 11 is 0. The molecule has 0 bridgehead atoms. The Morgan fingerprint density at radius 1 is 1.00 bits per heavy atom. The Kier molecular flexibility index (Phi) is 5.87. The average molecular weight is 375 g/mol. The van der Waals surface area contributed by atoms with Crippen molar-refractivity contribution in [2.75, 3.05) is 10.6 Å². The highest BCUT2D eigenvalue weighted by molar-refractivity contribution is 5.96. The third-order valence-corrected chi connectivity index (χ3v) is 3.94. The Bertz CT molecular complexity index is 996. The van der Waals surface area contributed by atoms with Crippen molar-refractivity contribution in [3.05, 3.63) is 84.2 Å². The van der Waals surface area contributed by atoms with Crippen LogP contribution in [-0.4, -0.2) is 11.9 Å². The van der Waals surface area contributed by atoms with Crippen molar-refractivity contribution in [2.45, 2.75) is 13.0 Å². The highest BCUT2D eigenvalue weighted by atomic mass is 19.1. The fraction of sp³-hybridized carbons (Fsp3) is 0.0909.